The average molecular weight is 239 g/mol. The zero-order chi connectivity index (χ0) is 12.0. The minimum atomic E-state index is -0.784. The lowest BCUT2D eigenvalue weighted by molar-refractivity contribution is -0.137. The van der Waals surface area contributed by atoms with E-state index in [2.05, 4.69) is 12.1 Å². The van der Waals surface area contributed by atoms with Gasteiger partial charge in [0, 0.05) is 17.4 Å². The molecule has 3 nitrogen and oxygen atoms in total. The lowest BCUT2D eigenvalue weighted by atomic mass is 10.0. The van der Waals surface area contributed by atoms with Gasteiger partial charge in [0.15, 0.2) is 0 Å². The van der Waals surface area contributed by atoms with Crippen molar-refractivity contribution in [1.82, 2.24) is 0 Å². The first kappa shape index (κ1) is 13.1. The minimum absolute atomic E-state index is 0.0729. The Morgan fingerprint density at radius 3 is 2.56 bits per heavy atom. The highest BCUT2D eigenvalue weighted by molar-refractivity contribution is 7.98. The molecule has 0 spiro atoms. The third-order valence-electron chi connectivity index (χ3n) is 2.39. The van der Waals surface area contributed by atoms with Gasteiger partial charge in [0.1, 0.15) is 0 Å². The average Bonchev–Trinajstić information content (AvgIpc) is 2.27. The molecule has 0 heterocycles. The van der Waals surface area contributed by atoms with Crippen LogP contribution in [0.25, 0.3) is 0 Å². The van der Waals surface area contributed by atoms with Crippen LogP contribution in [0.15, 0.2) is 29.2 Å². The van der Waals surface area contributed by atoms with E-state index in [0.717, 1.165) is 12.0 Å². The molecule has 0 aliphatic carbocycles. The Labute approximate surface area is 100 Å². The Morgan fingerprint density at radius 1 is 1.44 bits per heavy atom. The van der Waals surface area contributed by atoms with Gasteiger partial charge in [-0.25, -0.2) is 0 Å². The van der Waals surface area contributed by atoms with Gasteiger partial charge in [-0.15, -0.1) is 11.8 Å². The largest absolute Gasteiger partial charge is 0.481 e. The second kappa shape index (κ2) is 6.55. The standard InChI is InChI=1S/C12H17NO2S/c1-16-11-5-2-9(3-6-11)8-10(13)4-7-12(14)15/h2-3,5-6,10H,4,7-8,13H2,1H3,(H,14,15). The SMILES string of the molecule is CSc1ccc(CC(N)CCC(=O)O)cc1. The Bertz CT molecular complexity index is 337. The molecule has 0 fully saturated rings. The molecule has 0 bridgehead atoms. The molecular weight excluding hydrogens is 222 g/mol. The lowest BCUT2D eigenvalue weighted by Crippen LogP contribution is -2.23. The zero-order valence-corrected chi connectivity index (χ0v) is 10.2. The van der Waals surface area contributed by atoms with E-state index in [-0.39, 0.29) is 12.5 Å². The van der Waals surface area contributed by atoms with Crippen molar-refractivity contribution in [2.45, 2.75) is 30.2 Å². The highest BCUT2D eigenvalue weighted by atomic mass is 32.2. The molecule has 0 radical (unpaired) electrons. The van der Waals surface area contributed by atoms with Crippen LogP contribution in [0, 0.1) is 0 Å². The topological polar surface area (TPSA) is 63.3 Å². The highest BCUT2D eigenvalue weighted by Gasteiger charge is 2.06. The predicted molar refractivity (Wildman–Crippen MR) is 66.8 cm³/mol. The number of benzene rings is 1. The summed E-state index contributed by atoms with van der Waals surface area (Å²) in [6.45, 7) is 0. The molecular formula is C12H17NO2S. The van der Waals surface area contributed by atoms with Crippen molar-refractivity contribution in [1.29, 1.82) is 0 Å². The molecule has 1 unspecified atom stereocenters. The van der Waals surface area contributed by atoms with Crippen molar-refractivity contribution < 1.29 is 9.90 Å². The smallest absolute Gasteiger partial charge is 0.303 e. The van der Waals surface area contributed by atoms with Gasteiger partial charge in [-0.05, 0) is 36.8 Å². The van der Waals surface area contributed by atoms with Crippen LogP contribution < -0.4 is 5.73 Å². The van der Waals surface area contributed by atoms with Crippen LogP contribution in [-0.2, 0) is 11.2 Å². The number of rotatable bonds is 6. The maximum Gasteiger partial charge on any atom is 0.303 e. The summed E-state index contributed by atoms with van der Waals surface area (Å²) in [4.78, 5) is 11.6. The highest BCUT2D eigenvalue weighted by Crippen LogP contribution is 2.16. The van der Waals surface area contributed by atoms with E-state index in [4.69, 9.17) is 10.8 Å². The van der Waals surface area contributed by atoms with Gasteiger partial charge in [0.25, 0.3) is 0 Å². The second-order valence-electron chi connectivity index (χ2n) is 3.74. The molecule has 0 saturated heterocycles. The van der Waals surface area contributed by atoms with E-state index in [1.165, 1.54) is 4.90 Å². The van der Waals surface area contributed by atoms with Crippen LogP contribution in [-0.4, -0.2) is 23.4 Å². The third kappa shape index (κ3) is 4.68. The minimum Gasteiger partial charge on any atom is -0.481 e. The molecule has 16 heavy (non-hydrogen) atoms. The summed E-state index contributed by atoms with van der Waals surface area (Å²) in [5.41, 5.74) is 7.02. The summed E-state index contributed by atoms with van der Waals surface area (Å²) in [5, 5.41) is 8.54. The van der Waals surface area contributed by atoms with E-state index in [9.17, 15) is 4.79 Å². The molecule has 0 aromatic heterocycles. The van der Waals surface area contributed by atoms with Crippen molar-refractivity contribution in [2.24, 2.45) is 5.73 Å². The molecule has 1 rings (SSSR count). The van der Waals surface area contributed by atoms with Crippen LogP contribution >= 0.6 is 11.8 Å². The van der Waals surface area contributed by atoms with Gasteiger partial charge >= 0.3 is 5.97 Å². The fourth-order valence-electron chi connectivity index (χ4n) is 1.48. The molecule has 4 heteroatoms. The summed E-state index contributed by atoms with van der Waals surface area (Å²) >= 11 is 1.70. The molecule has 1 aromatic carbocycles. The first-order valence-corrected chi connectivity index (χ1v) is 6.44. The van der Waals surface area contributed by atoms with Crippen LogP contribution in [0.1, 0.15) is 18.4 Å². The fraction of sp³-hybridized carbons (Fsp3) is 0.417. The van der Waals surface area contributed by atoms with Crippen LogP contribution in [0.5, 0.6) is 0 Å². The number of carboxylic acids is 1. The van der Waals surface area contributed by atoms with E-state index < -0.39 is 5.97 Å². The van der Waals surface area contributed by atoms with Crippen molar-refractivity contribution in [3.8, 4) is 0 Å². The lowest BCUT2D eigenvalue weighted by Gasteiger charge is -2.10. The van der Waals surface area contributed by atoms with Crippen molar-refractivity contribution in [3.05, 3.63) is 29.8 Å². The number of hydrogen-bond acceptors (Lipinski definition) is 3. The molecule has 1 atom stereocenters. The van der Waals surface area contributed by atoms with Crippen molar-refractivity contribution in [3.63, 3.8) is 0 Å². The summed E-state index contributed by atoms with van der Waals surface area (Å²) < 4.78 is 0. The molecule has 0 amide bonds. The van der Waals surface area contributed by atoms with E-state index in [0.29, 0.717) is 6.42 Å². The Hall–Kier alpha value is -1.00. The van der Waals surface area contributed by atoms with Gasteiger partial charge in [-0.2, -0.15) is 0 Å². The van der Waals surface area contributed by atoms with E-state index >= 15 is 0 Å². The molecule has 88 valence electrons. The first-order valence-electron chi connectivity index (χ1n) is 5.22. The van der Waals surface area contributed by atoms with Gasteiger partial charge in [0.2, 0.25) is 0 Å². The Balaban J connectivity index is 2.43. The molecule has 0 saturated carbocycles. The normalized spacial score (nSPS) is 12.4. The van der Waals surface area contributed by atoms with Gasteiger partial charge in [0.05, 0.1) is 0 Å². The first-order chi connectivity index (χ1) is 7.61. The number of aliphatic carboxylic acids is 1. The van der Waals surface area contributed by atoms with Gasteiger partial charge in [-0.3, -0.25) is 4.79 Å². The van der Waals surface area contributed by atoms with Gasteiger partial charge in [-0.1, -0.05) is 12.1 Å². The molecule has 0 aliphatic heterocycles. The second-order valence-corrected chi connectivity index (χ2v) is 4.62. The van der Waals surface area contributed by atoms with Crippen molar-refractivity contribution >= 4 is 17.7 Å². The van der Waals surface area contributed by atoms with Crippen LogP contribution in [0.2, 0.25) is 0 Å². The van der Waals surface area contributed by atoms with E-state index in [1.807, 2.05) is 18.4 Å². The molecule has 3 N–H and O–H groups in total. The molecule has 1 aromatic rings. The maximum absolute atomic E-state index is 10.4. The maximum atomic E-state index is 10.4. The van der Waals surface area contributed by atoms with E-state index in [1.54, 1.807) is 11.8 Å². The number of thioether (sulfide) groups is 1. The summed E-state index contributed by atoms with van der Waals surface area (Å²) in [7, 11) is 0. The third-order valence-corrected chi connectivity index (χ3v) is 3.13. The zero-order valence-electron chi connectivity index (χ0n) is 9.35. The van der Waals surface area contributed by atoms with Crippen LogP contribution in [0.4, 0.5) is 0 Å². The van der Waals surface area contributed by atoms with Crippen LogP contribution in [0.3, 0.4) is 0 Å². The van der Waals surface area contributed by atoms with Crippen molar-refractivity contribution in [2.75, 3.05) is 6.26 Å². The number of nitrogens with two attached hydrogens (primary N) is 1. The summed E-state index contributed by atoms with van der Waals surface area (Å²) in [6, 6.07) is 8.14. The Kier molecular flexibility index (Phi) is 5.35. The predicted octanol–water partition coefficient (Wildman–Crippen LogP) is 2.14. The summed E-state index contributed by atoms with van der Waals surface area (Å²) in [6.07, 6.45) is 3.44. The number of carbonyl (C=O) groups is 1. The number of hydrogen-bond donors (Lipinski definition) is 2. The fourth-order valence-corrected chi connectivity index (χ4v) is 1.88. The quantitative estimate of drug-likeness (QED) is 0.747. The summed E-state index contributed by atoms with van der Waals surface area (Å²) in [5.74, 6) is -0.784. The Morgan fingerprint density at radius 2 is 2.06 bits per heavy atom. The molecule has 0 aliphatic rings. The number of carboxylic acid groups (broad SMARTS) is 1. The van der Waals surface area contributed by atoms with Gasteiger partial charge < -0.3 is 10.8 Å². The monoisotopic (exact) mass is 239 g/mol.